The Morgan fingerprint density at radius 1 is 1.22 bits per heavy atom. The van der Waals surface area contributed by atoms with E-state index in [1.807, 2.05) is 0 Å². The van der Waals surface area contributed by atoms with Crippen LogP contribution in [-0.2, 0) is 0 Å². The highest BCUT2D eigenvalue weighted by molar-refractivity contribution is 9.10. The quantitative estimate of drug-likeness (QED) is 0.778. The van der Waals surface area contributed by atoms with Gasteiger partial charge in [0.05, 0.1) is 10.7 Å². The second-order valence-electron chi connectivity index (χ2n) is 3.87. The summed E-state index contributed by atoms with van der Waals surface area (Å²) in [5.41, 5.74) is 0.521. The summed E-state index contributed by atoms with van der Waals surface area (Å²) in [6.45, 7) is 0. The van der Waals surface area contributed by atoms with Gasteiger partial charge in [-0.15, -0.1) is 0 Å². The van der Waals surface area contributed by atoms with Crippen molar-refractivity contribution < 1.29 is 18.3 Å². The Balaban J connectivity index is 2.07. The highest BCUT2D eigenvalue weighted by atomic mass is 79.9. The fourth-order valence-electron chi connectivity index (χ4n) is 1.80. The highest BCUT2D eigenvalue weighted by Gasteiger charge is 2.21. The largest absolute Gasteiger partial charge is 0.465 e. The molecule has 1 atom stereocenters. The summed E-state index contributed by atoms with van der Waals surface area (Å²) >= 11 is 3.26. The van der Waals surface area contributed by atoms with Gasteiger partial charge in [0.15, 0.2) is 11.9 Å². The van der Waals surface area contributed by atoms with Gasteiger partial charge < -0.3 is 13.9 Å². The Bertz CT molecular complexity index is 701. The molecule has 0 bridgehead atoms. The molecular weight excluding hydrogens is 303 g/mol. The van der Waals surface area contributed by atoms with Crippen molar-refractivity contribution in [3.8, 4) is 0 Å². The first-order valence-corrected chi connectivity index (χ1v) is 6.04. The first-order valence-electron chi connectivity index (χ1n) is 5.25. The van der Waals surface area contributed by atoms with Crippen LogP contribution < -0.4 is 0 Å². The number of halogens is 2. The van der Waals surface area contributed by atoms with E-state index in [0.717, 1.165) is 0 Å². The molecule has 1 unspecified atom stereocenters. The molecule has 3 aromatic rings. The minimum Gasteiger partial charge on any atom is -0.465 e. The van der Waals surface area contributed by atoms with Gasteiger partial charge in [0.2, 0.25) is 0 Å². The molecule has 0 fully saturated rings. The van der Waals surface area contributed by atoms with Gasteiger partial charge in [-0.25, -0.2) is 4.39 Å². The minimum atomic E-state index is -1.02. The Labute approximate surface area is 110 Å². The summed E-state index contributed by atoms with van der Waals surface area (Å²) in [5.74, 6) is 0.323. The van der Waals surface area contributed by atoms with Crippen molar-refractivity contribution in [2.45, 2.75) is 6.10 Å². The van der Waals surface area contributed by atoms with Crippen molar-refractivity contribution in [1.29, 1.82) is 0 Å². The van der Waals surface area contributed by atoms with Gasteiger partial charge in [0, 0.05) is 5.39 Å². The van der Waals surface area contributed by atoms with Crippen molar-refractivity contribution in [2.24, 2.45) is 0 Å². The zero-order chi connectivity index (χ0) is 12.7. The molecule has 0 spiro atoms. The van der Waals surface area contributed by atoms with Gasteiger partial charge in [-0.05, 0) is 46.3 Å². The van der Waals surface area contributed by atoms with Crippen molar-refractivity contribution in [2.75, 3.05) is 0 Å². The normalized spacial score (nSPS) is 13.1. The summed E-state index contributed by atoms with van der Waals surface area (Å²) in [5, 5.41) is 10.7. The third-order valence-electron chi connectivity index (χ3n) is 2.66. The van der Waals surface area contributed by atoms with Crippen LogP contribution in [0, 0.1) is 5.82 Å². The van der Waals surface area contributed by atoms with Gasteiger partial charge in [-0.3, -0.25) is 0 Å². The van der Waals surface area contributed by atoms with Crippen LogP contribution in [0.25, 0.3) is 11.0 Å². The van der Waals surface area contributed by atoms with Crippen molar-refractivity contribution in [3.63, 3.8) is 0 Å². The van der Waals surface area contributed by atoms with Gasteiger partial charge in [0.1, 0.15) is 17.2 Å². The minimum absolute atomic E-state index is 0.311. The zero-order valence-corrected chi connectivity index (χ0v) is 10.6. The molecule has 2 heterocycles. The number of hydrogen-bond donors (Lipinski definition) is 1. The lowest BCUT2D eigenvalue weighted by Crippen LogP contribution is -1.96. The second kappa shape index (κ2) is 4.26. The van der Waals surface area contributed by atoms with Gasteiger partial charge in [0.25, 0.3) is 0 Å². The SMILES string of the molecule is OC(c1cc2cc(F)ccc2o1)c1occc1Br. The number of benzene rings is 1. The van der Waals surface area contributed by atoms with E-state index in [4.69, 9.17) is 8.83 Å². The molecule has 2 aromatic heterocycles. The molecule has 1 aromatic carbocycles. The third kappa shape index (κ3) is 1.85. The molecule has 0 aliphatic heterocycles. The van der Waals surface area contributed by atoms with Crippen LogP contribution in [0.2, 0.25) is 0 Å². The molecule has 0 saturated heterocycles. The average Bonchev–Trinajstić information content (AvgIpc) is 2.93. The van der Waals surface area contributed by atoms with Crippen LogP contribution in [-0.4, -0.2) is 5.11 Å². The summed E-state index contributed by atoms with van der Waals surface area (Å²) < 4.78 is 24.3. The molecule has 0 aliphatic carbocycles. The molecule has 5 heteroatoms. The number of fused-ring (bicyclic) bond motifs is 1. The smallest absolute Gasteiger partial charge is 0.170 e. The molecule has 0 amide bonds. The zero-order valence-electron chi connectivity index (χ0n) is 9.06. The van der Waals surface area contributed by atoms with Crippen molar-refractivity contribution in [1.82, 2.24) is 0 Å². The van der Waals surface area contributed by atoms with Gasteiger partial charge in [-0.2, -0.15) is 0 Å². The molecule has 0 saturated carbocycles. The predicted octanol–water partition coefficient (Wildman–Crippen LogP) is 4.01. The van der Waals surface area contributed by atoms with E-state index < -0.39 is 6.10 Å². The van der Waals surface area contributed by atoms with Crippen LogP contribution in [0.1, 0.15) is 17.6 Å². The maximum Gasteiger partial charge on any atom is 0.170 e. The fraction of sp³-hybridized carbons (Fsp3) is 0.0769. The summed E-state index contributed by atoms with van der Waals surface area (Å²) in [7, 11) is 0. The lowest BCUT2D eigenvalue weighted by atomic mass is 10.2. The van der Waals surface area contributed by atoms with Crippen LogP contribution in [0.15, 0.2) is 49.9 Å². The summed E-state index contributed by atoms with van der Waals surface area (Å²) in [6.07, 6.45) is 0.440. The number of rotatable bonds is 2. The molecule has 0 radical (unpaired) electrons. The van der Waals surface area contributed by atoms with Gasteiger partial charge >= 0.3 is 0 Å². The Kier molecular flexibility index (Phi) is 2.72. The van der Waals surface area contributed by atoms with Crippen LogP contribution >= 0.6 is 15.9 Å². The van der Waals surface area contributed by atoms with Gasteiger partial charge in [-0.1, -0.05) is 0 Å². The number of aliphatic hydroxyl groups is 1. The monoisotopic (exact) mass is 310 g/mol. The maximum absolute atomic E-state index is 13.1. The van der Waals surface area contributed by atoms with E-state index in [9.17, 15) is 9.50 Å². The third-order valence-corrected chi connectivity index (χ3v) is 3.32. The van der Waals surface area contributed by atoms with Crippen LogP contribution in [0.5, 0.6) is 0 Å². The van der Waals surface area contributed by atoms with E-state index in [0.29, 0.717) is 27.0 Å². The van der Waals surface area contributed by atoms with E-state index in [1.54, 1.807) is 12.1 Å². The average molecular weight is 311 g/mol. The lowest BCUT2D eigenvalue weighted by Gasteiger charge is -2.04. The molecule has 3 rings (SSSR count). The molecular formula is C13H8BrFO3. The fourth-order valence-corrected chi connectivity index (χ4v) is 2.22. The molecule has 92 valence electrons. The van der Waals surface area contributed by atoms with Crippen LogP contribution in [0.3, 0.4) is 0 Å². The van der Waals surface area contributed by atoms with E-state index in [1.165, 1.54) is 24.5 Å². The van der Waals surface area contributed by atoms with E-state index >= 15 is 0 Å². The molecule has 1 N–H and O–H groups in total. The lowest BCUT2D eigenvalue weighted by molar-refractivity contribution is 0.164. The highest BCUT2D eigenvalue weighted by Crippen LogP contribution is 2.32. The van der Waals surface area contributed by atoms with Crippen molar-refractivity contribution in [3.05, 3.63) is 58.4 Å². The Morgan fingerprint density at radius 3 is 2.78 bits per heavy atom. The first-order chi connectivity index (χ1) is 8.65. The predicted molar refractivity (Wildman–Crippen MR) is 66.6 cm³/mol. The Hall–Kier alpha value is -1.59. The second-order valence-corrected chi connectivity index (χ2v) is 4.72. The number of aliphatic hydroxyl groups excluding tert-OH is 1. The molecule has 3 nitrogen and oxygen atoms in total. The Morgan fingerprint density at radius 2 is 2.06 bits per heavy atom. The van der Waals surface area contributed by atoms with E-state index in [2.05, 4.69) is 15.9 Å². The van der Waals surface area contributed by atoms with E-state index in [-0.39, 0.29) is 5.82 Å². The first kappa shape index (κ1) is 11.5. The summed E-state index contributed by atoms with van der Waals surface area (Å²) in [6, 6.07) is 7.47. The summed E-state index contributed by atoms with van der Waals surface area (Å²) in [4.78, 5) is 0. The number of hydrogen-bond acceptors (Lipinski definition) is 3. The molecule has 0 aliphatic rings. The maximum atomic E-state index is 13.1. The molecule has 18 heavy (non-hydrogen) atoms. The van der Waals surface area contributed by atoms with Crippen molar-refractivity contribution >= 4 is 26.9 Å². The standard InChI is InChI=1S/C13H8BrFO3/c14-9-3-4-17-13(9)12(16)11-6-7-5-8(15)1-2-10(7)18-11/h1-6,12,16H. The van der Waals surface area contributed by atoms with Crippen LogP contribution in [0.4, 0.5) is 4.39 Å². The topological polar surface area (TPSA) is 46.5 Å². The number of furan rings is 2.